The summed E-state index contributed by atoms with van der Waals surface area (Å²) in [5.74, 6) is 2.49. The van der Waals surface area contributed by atoms with Crippen LogP contribution in [0.3, 0.4) is 0 Å². The molecule has 0 spiro atoms. The van der Waals surface area contributed by atoms with Gasteiger partial charge in [-0.05, 0) is 45.4 Å². The van der Waals surface area contributed by atoms with Crippen LogP contribution in [0.1, 0.15) is 47.5 Å². The van der Waals surface area contributed by atoms with Crippen LogP contribution < -0.4 is 5.32 Å². The van der Waals surface area contributed by atoms with Crippen molar-refractivity contribution in [1.29, 1.82) is 0 Å². The number of aliphatic imine (C=N–C) groups is 1. The Bertz CT molecular complexity index is 406. The SMILES string of the molecule is CCNC(=NCC(C)(C)N1CC(C)CC(C)C1)N1CC[C@@H](O)C1.I. The zero-order valence-electron chi connectivity index (χ0n) is 16.1. The predicted molar refractivity (Wildman–Crippen MR) is 112 cm³/mol. The van der Waals surface area contributed by atoms with Crippen molar-refractivity contribution in [2.24, 2.45) is 16.8 Å². The number of aliphatic hydroxyl groups excluding tert-OH is 1. The summed E-state index contributed by atoms with van der Waals surface area (Å²) in [5, 5.41) is 13.2. The Labute approximate surface area is 165 Å². The average molecular weight is 452 g/mol. The number of nitrogens with one attached hydrogen (secondary N) is 1. The molecule has 0 radical (unpaired) electrons. The van der Waals surface area contributed by atoms with Gasteiger partial charge < -0.3 is 15.3 Å². The largest absolute Gasteiger partial charge is 0.391 e. The molecule has 2 unspecified atom stereocenters. The van der Waals surface area contributed by atoms with E-state index in [1.807, 2.05) is 0 Å². The molecule has 0 bridgehead atoms. The summed E-state index contributed by atoms with van der Waals surface area (Å²) >= 11 is 0. The smallest absolute Gasteiger partial charge is 0.194 e. The maximum atomic E-state index is 9.77. The van der Waals surface area contributed by atoms with Gasteiger partial charge in [0.25, 0.3) is 0 Å². The predicted octanol–water partition coefficient (Wildman–Crippen LogP) is 2.39. The number of likely N-dealkylation sites (tertiary alicyclic amines) is 2. The summed E-state index contributed by atoms with van der Waals surface area (Å²) in [6, 6.07) is 0. The highest BCUT2D eigenvalue weighted by Gasteiger charge is 2.33. The molecule has 5 nitrogen and oxygen atoms in total. The maximum absolute atomic E-state index is 9.77. The Morgan fingerprint density at radius 3 is 2.33 bits per heavy atom. The number of rotatable bonds is 4. The van der Waals surface area contributed by atoms with E-state index >= 15 is 0 Å². The molecule has 2 fully saturated rings. The van der Waals surface area contributed by atoms with E-state index in [1.165, 1.54) is 19.5 Å². The fraction of sp³-hybridized carbons (Fsp3) is 0.944. The van der Waals surface area contributed by atoms with E-state index in [0.717, 1.165) is 43.9 Å². The fourth-order valence-electron chi connectivity index (χ4n) is 3.89. The standard InChI is InChI=1S/C18H36N4O.HI/c1-6-19-17(21-8-7-16(23)12-21)20-13-18(4,5)22-10-14(2)9-15(3)11-22;/h14-16,23H,6-13H2,1-5H3,(H,19,20);1H/t14?,15?,16-;/m1./s1. The zero-order valence-corrected chi connectivity index (χ0v) is 18.4. The second-order valence-corrected chi connectivity index (χ2v) is 8.22. The first-order valence-corrected chi connectivity index (χ1v) is 9.28. The van der Waals surface area contributed by atoms with Crippen molar-refractivity contribution in [2.45, 2.75) is 59.1 Å². The van der Waals surface area contributed by atoms with Crippen LogP contribution in [0.2, 0.25) is 0 Å². The molecule has 0 aromatic carbocycles. The molecular formula is C18H37IN4O. The minimum atomic E-state index is -0.212. The number of β-amino-alcohol motifs (C(OH)–C–C–N with tert-alkyl or cyclic N) is 1. The van der Waals surface area contributed by atoms with Crippen molar-refractivity contribution in [1.82, 2.24) is 15.1 Å². The van der Waals surface area contributed by atoms with E-state index < -0.39 is 0 Å². The number of guanidine groups is 1. The van der Waals surface area contributed by atoms with Gasteiger partial charge in [0.05, 0.1) is 12.6 Å². The van der Waals surface area contributed by atoms with Crippen LogP contribution >= 0.6 is 24.0 Å². The molecule has 0 saturated carbocycles. The molecule has 6 heteroatoms. The van der Waals surface area contributed by atoms with E-state index in [-0.39, 0.29) is 35.6 Å². The first-order chi connectivity index (χ1) is 10.8. The summed E-state index contributed by atoms with van der Waals surface area (Å²) in [7, 11) is 0. The molecule has 2 aliphatic heterocycles. The van der Waals surface area contributed by atoms with Gasteiger partial charge in [-0.3, -0.25) is 9.89 Å². The average Bonchev–Trinajstić information content (AvgIpc) is 2.89. The first kappa shape index (κ1) is 22.0. The molecule has 0 aromatic rings. The highest BCUT2D eigenvalue weighted by atomic mass is 127. The second kappa shape index (κ2) is 9.57. The van der Waals surface area contributed by atoms with E-state index in [2.05, 4.69) is 49.7 Å². The topological polar surface area (TPSA) is 51.1 Å². The molecule has 0 aliphatic carbocycles. The first-order valence-electron chi connectivity index (χ1n) is 9.28. The van der Waals surface area contributed by atoms with Crippen molar-refractivity contribution >= 4 is 29.9 Å². The van der Waals surface area contributed by atoms with E-state index in [4.69, 9.17) is 4.99 Å². The summed E-state index contributed by atoms with van der Waals surface area (Å²) in [6.07, 6.45) is 1.97. The summed E-state index contributed by atoms with van der Waals surface area (Å²) in [5.41, 5.74) is 0.0714. The molecule has 2 rings (SSSR count). The van der Waals surface area contributed by atoms with Crippen molar-refractivity contribution in [3.63, 3.8) is 0 Å². The molecule has 0 amide bonds. The molecule has 3 atom stereocenters. The lowest BCUT2D eigenvalue weighted by Crippen LogP contribution is -2.53. The molecule has 0 aromatic heterocycles. The van der Waals surface area contributed by atoms with Crippen molar-refractivity contribution in [2.75, 3.05) is 39.3 Å². The van der Waals surface area contributed by atoms with Crippen LogP contribution in [0.25, 0.3) is 0 Å². The van der Waals surface area contributed by atoms with E-state index in [9.17, 15) is 5.11 Å². The molecule has 2 saturated heterocycles. The molecule has 142 valence electrons. The third-order valence-corrected chi connectivity index (χ3v) is 5.14. The number of hydrogen-bond donors (Lipinski definition) is 2. The van der Waals surface area contributed by atoms with Crippen LogP contribution in [0.4, 0.5) is 0 Å². The maximum Gasteiger partial charge on any atom is 0.194 e. The Hall–Kier alpha value is -0.0800. The van der Waals surface area contributed by atoms with Crippen LogP contribution in [-0.2, 0) is 0 Å². The number of aliphatic hydroxyl groups is 1. The highest BCUT2D eigenvalue weighted by molar-refractivity contribution is 14.0. The van der Waals surface area contributed by atoms with Crippen LogP contribution in [0.15, 0.2) is 4.99 Å². The Morgan fingerprint density at radius 1 is 1.21 bits per heavy atom. The third-order valence-electron chi connectivity index (χ3n) is 5.14. The normalized spacial score (nSPS) is 29.5. The fourth-order valence-corrected chi connectivity index (χ4v) is 3.89. The highest BCUT2D eigenvalue weighted by Crippen LogP contribution is 2.27. The van der Waals surface area contributed by atoms with Crippen molar-refractivity contribution in [3.8, 4) is 0 Å². The number of nitrogens with zero attached hydrogens (tertiary/aromatic N) is 3. The van der Waals surface area contributed by atoms with Crippen LogP contribution in [-0.4, -0.2) is 71.8 Å². The lowest BCUT2D eigenvalue weighted by molar-refractivity contribution is 0.0511. The number of hydrogen-bond acceptors (Lipinski definition) is 3. The minimum Gasteiger partial charge on any atom is -0.391 e. The Morgan fingerprint density at radius 2 is 1.83 bits per heavy atom. The van der Waals surface area contributed by atoms with E-state index in [0.29, 0.717) is 6.54 Å². The number of piperidine rings is 1. The van der Waals surface area contributed by atoms with Gasteiger partial charge in [-0.2, -0.15) is 0 Å². The van der Waals surface area contributed by atoms with Gasteiger partial charge in [-0.25, -0.2) is 0 Å². The second-order valence-electron chi connectivity index (χ2n) is 8.22. The van der Waals surface area contributed by atoms with Gasteiger partial charge in [-0.15, -0.1) is 24.0 Å². The zero-order chi connectivity index (χ0) is 17.0. The lowest BCUT2D eigenvalue weighted by Gasteiger charge is -2.44. The summed E-state index contributed by atoms with van der Waals surface area (Å²) in [4.78, 5) is 9.70. The van der Waals surface area contributed by atoms with Gasteiger partial charge >= 0.3 is 0 Å². The summed E-state index contributed by atoms with van der Waals surface area (Å²) < 4.78 is 0. The molecule has 2 aliphatic rings. The van der Waals surface area contributed by atoms with E-state index in [1.54, 1.807) is 0 Å². The molecule has 24 heavy (non-hydrogen) atoms. The summed E-state index contributed by atoms with van der Waals surface area (Å²) in [6.45, 7) is 17.0. The Balaban J connectivity index is 0.00000288. The van der Waals surface area contributed by atoms with Crippen molar-refractivity contribution < 1.29 is 5.11 Å². The van der Waals surface area contributed by atoms with Gasteiger partial charge in [0.1, 0.15) is 0 Å². The molecular weight excluding hydrogens is 415 g/mol. The van der Waals surface area contributed by atoms with Gasteiger partial charge in [0.15, 0.2) is 5.96 Å². The number of halogens is 1. The van der Waals surface area contributed by atoms with Crippen molar-refractivity contribution in [3.05, 3.63) is 0 Å². The minimum absolute atomic E-state index is 0. The molecule has 2 heterocycles. The van der Waals surface area contributed by atoms with Gasteiger partial charge in [0, 0.05) is 38.3 Å². The van der Waals surface area contributed by atoms with Crippen LogP contribution in [0.5, 0.6) is 0 Å². The van der Waals surface area contributed by atoms with Gasteiger partial charge in [-0.1, -0.05) is 13.8 Å². The quantitative estimate of drug-likeness (QED) is 0.391. The third kappa shape index (κ3) is 6.02. The Kier molecular flexibility index (Phi) is 8.76. The monoisotopic (exact) mass is 452 g/mol. The lowest BCUT2D eigenvalue weighted by atomic mass is 9.88. The van der Waals surface area contributed by atoms with Crippen LogP contribution in [0, 0.1) is 11.8 Å². The van der Waals surface area contributed by atoms with Gasteiger partial charge in [0.2, 0.25) is 0 Å². The molecule has 2 N–H and O–H groups in total.